The standard InChI is InChI=1S/C16H17Cl2N5O/c1-22-5-7-23(8-6-22)14-9-13(19-10-20-14)16(24)21-12-4-2-3-11(17)15(12)18/h2-4,9-10H,5-8H2,1H3,(H,21,24). The second-order valence-electron chi connectivity index (χ2n) is 5.61. The van der Waals surface area contributed by atoms with Gasteiger partial charge in [0.25, 0.3) is 5.91 Å². The zero-order valence-electron chi connectivity index (χ0n) is 13.2. The van der Waals surface area contributed by atoms with Gasteiger partial charge in [0, 0.05) is 32.2 Å². The molecule has 1 aromatic heterocycles. The summed E-state index contributed by atoms with van der Waals surface area (Å²) in [6.45, 7) is 3.66. The van der Waals surface area contributed by atoms with Crippen LogP contribution in [0.15, 0.2) is 30.6 Å². The van der Waals surface area contributed by atoms with Crippen molar-refractivity contribution in [3.8, 4) is 0 Å². The van der Waals surface area contributed by atoms with E-state index in [9.17, 15) is 4.79 Å². The lowest BCUT2D eigenvalue weighted by Gasteiger charge is -2.33. The molecule has 3 rings (SSSR count). The quantitative estimate of drug-likeness (QED) is 0.905. The number of nitrogens with one attached hydrogen (secondary N) is 1. The highest BCUT2D eigenvalue weighted by Gasteiger charge is 2.18. The Morgan fingerprint density at radius 2 is 1.92 bits per heavy atom. The van der Waals surface area contributed by atoms with E-state index >= 15 is 0 Å². The summed E-state index contributed by atoms with van der Waals surface area (Å²) in [5, 5.41) is 3.42. The molecule has 1 aliphatic rings. The average Bonchev–Trinajstić information content (AvgIpc) is 2.60. The van der Waals surface area contributed by atoms with Crippen LogP contribution < -0.4 is 10.2 Å². The van der Waals surface area contributed by atoms with E-state index in [0.717, 1.165) is 32.0 Å². The fourth-order valence-corrected chi connectivity index (χ4v) is 2.81. The number of anilines is 2. The Morgan fingerprint density at radius 1 is 1.17 bits per heavy atom. The van der Waals surface area contributed by atoms with Gasteiger partial charge in [0.05, 0.1) is 15.7 Å². The molecule has 126 valence electrons. The second kappa shape index (κ2) is 7.34. The first-order chi connectivity index (χ1) is 11.5. The molecule has 0 saturated carbocycles. The van der Waals surface area contributed by atoms with E-state index in [1.165, 1.54) is 6.33 Å². The van der Waals surface area contributed by atoms with Crippen molar-refractivity contribution in [1.29, 1.82) is 0 Å². The molecule has 8 heteroatoms. The molecule has 24 heavy (non-hydrogen) atoms. The number of hydrogen-bond donors (Lipinski definition) is 1. The summed E-state index contributed by atoms with van der Waals surface area (Å²) in [4.78, 5) is 25.2. The van der Waals surface area contributed by atoms with Gasteiger partial charge < -0.3 is 15.1 Å². The Morgan fingerprint density at radius 3 is 2.67 bits per heavy atom. The number of hydrogen-bond acceptors (Lipinski definition) is 5. The van der Waals surface area contributed by atoms with Crippen LogP contribution in [0.2, 0.25) is 10.0 Å². The lowest BCUT2D eigenvalue weighted by molar-refractivity contribution is 0.102. The molecule has 0 aliphatic carbocycles. The minimum Gasteiger partial charge on any atom is -0.354 e. The van der Waals surface area contributed by atoms with Crippen LogP contribution in [0.25, 0.3) is 0 Å². The first-order valence-corrected chi connectivity index (χ1v) is 8.31. The molecule has 0 atom stereocenters. The monoisotopic (exact) mass is 365 g/mol. The van der Waals surface area contributed by atoms with Crippen molar-refractivity contribution in [2.75, 3.05) is 43.4 Å². The van der Waals surface area contributed by atoms with Crippen LogP contribution in [0.1, 0.15) is 10.5 Å². The third-order valence-electron chi connectivity index (χ3n) is 3.91. The molecule has 0 unspecified atom stereocenters. The molecular formula is C16H17Cl2N5O. The van der Waals surface area contributed by atoms with Gasteiger partial charge in [0.1, 0.15) is 17.8 Å². The number of amides is 1. The molecule has 6 nitrogen and oxygen atoms in total. The number of nitrogens with zero attached hydrogens (tertiary/aromatic N) is 4. The van der Waals surface area contributed by atoms with Gasteiger partial charge in [-0.2, -0.15) is 0 Å². The second-order valence-corrected chi connectivity index (χ2v) is 6.39. The van der Waals surface area contributed by atoms with Gasteiger partial charge >= 0.3 is 0 Å². The Hall–Kier alpha value is -1.89. The summed E-state index contributed by atoms with van der Waals surface area (Å²) in [5.41, 5.74) is 0.740. The topological polar surface area (TPSA) is 61.4 Å². The molecule has 2 aromatic rings. The van der Waals surface area contributed by atoms with E-state index < -0.39 is 0 Å². The summed E-state index contributed by atoms with van der Waals surface area (Å²) in [5.74, 6) is 0.400. The van der Waals surface area contributed by atoms with Crippen molar-refractivity contribution < 1.29 is 4.79 Å². The van der Waals surface area contributed by atoms with Crippen LogP contribution in [0.3, 0.4) is 0 Å². The lowest BCUT2D eigenvalue weighted by Crippen LogP contribution is -2.44. The molecule has 1 amide bonds. The molecule has 0 bridgehead atoms. The van der Waals surface area contributed by atoms with Crippen LogP contribution >= 0.6 is 23.2 Å². The minimum absolute atomic E-state index is 0.287. The summed E-state index contributed by atoms with van der Waals surface area (Å²) < 4.78 is 0. The first-order valence-electron chi connectivity index (χ1n) is 7.55. The normalized spacial score (nSPS) is 15.4. The van der Waals surface area contributed by atoms with Crippen LogP contribution in [-0.2, 0) is 0 Å². The van der Waals surface area contributed by atoms with Gasteiger partial charge in [0.15, 0.2) is 0 Å². The molecule has 1 saturated heterocycles. The average molecular weight is 366 g/mol. The maximum atomic E-state index is 12.4. The number of piperazine rings is 1. The summed E-state index contributed by atoms with van der Waals surface area (Å²) in [6.07, 6.45) is 1.40. The van der Waals surface area contributed by atoms with Gasteiger partial charge in [-0.1, -0.05) is 29.3 Å². The van der Waals surface area contributed by atoms with Crippen LogP contribution in [0.4, 0.5) is 11.5 Å². The smallest absolute Gasteiger partial charge is 0.274 e. The van der Waals surface area contributed by atoms with E-state index in [4.69, 9.17) is 23.2 Å². The lowest BCUT2D eigenvalue weighted by atomic mass is 10.2. The molecule has 1 fully saturated rings. The summed E-state index contributed by atoms with van der Waals surface area (Å²) in [7, 11) is 2.09. The molecule has 0 radical (unpaired) electrons. The van der Waals surface area contributed by atoms with E-state index in [-0.39, 0.29) is 11.6 Å². The van der Waals surface area contributed by atoms with Gasteiger partial charge in [0.2, 0.25) is 0 Å². The largest absolute Gasteiger partial charge is 0.354 e. The van der Waals surface area contributed by atoms with Crippen LogP contribution in [-0.4, -0.2) is 54.0 Å². The third-order valence-corrected chi connectivity index (χ3v) is 4.73. The van der Waals surface area contributed by atoms with Crippen molar-refractivity contribution in [2.45, 2.75) is 0 Å². The fourth-order valence-electron chi connectivity index (χ4n) is 2.47. The van der Waals surface area contributed by atoms with Crippen LogP contribution in [0, 0.1) is 0 Å². The SMILES string of the molecule is CN1CCN(c2cc(C(=O)Nc3cccc(Cl)c3Cl)ncn2)CC1. The Bertz CT molecular complexity index is 747. The van der Waals surface area contributed by atoms with Gasteiger partial charge in [-0.25, -0.2) is 9.97 Å². The van der Waals surface area contributed by atoms with Crippen LogP contribution in [0.5, 0.6) is 0 Å². The predicted octanol–water partition coefficient (Wildman–Crippen LogP) is 2.79. The van der Waals surface area contributed by atoms with Crippen molar-refractivity contribution >= 4 is 40.6 Å². The highest BCUT2D eigenvalue weighted by molar-refractivity contribution is 6.44. The van der Waals surface area contributed by atoms with Crippen molar-refractivity contribution in [3.05, 3.63) is 46.3 Å². The predicted molar refractivity (Wildman–Crippen MR) is 96.2 cm³/mol. The van der Waals surface area contributed by atoms with E-state index in [1.807, 2.05) is 0 Å². The number of carbonyl (C=O) groups excluding carboxylic acids is 1. The molecule has 1 aromatic carbocycles. The Kier molecular flexibility index (Phi) is 5.18. The van der Waals surface area contributed by atoms with E-state index in [0.29, 0.717) is 15.7 Å². The number of benzene rings is 1. The maximum Gasteiger partial charge on any atom is 0.274 e. The Balaban J connectivity index is 1.76. The van der Waals surface area contributed by atoms with Crippen molar-refractivity contribution in [1.82, 2.24) is 14.9 Å². The molecule has 1 aliphatic heterocycles. The molecule has 2 heterocycles. The molecular weight excluding hydrogens is 349 g/mol. The minimum atomic E-state index is -0.350. The highest BCUT2D eigenvalue weighted by Crippen LogP contribution is 2.29. The summed E-state index contributed by atoms with van der Waals surface area (Å²) >= 11 is 12.1. The maximum absolute atomic E-state index is 12.4. The number of rotatable bonds is 3. The molecule has 1 N–H and O–H groups in total. The molecule has 0 spiro atoms. The summed E-state index contributed by atoms with van der Waals surface area (Å²) in [6, 6.07) is 6.77. The fraction of sp³-hybridized carbons (Fsp3) is 0.312. The Labute approximate surface area is 150 Å². The van der Waals surface area contributed by atoms with Gasteiger partial charge in [-0.05, 0) is 19.2 Å². The number of halogens is 2. The first kappa shape index (κ1) is 17.0. The van der Waals surface area contributed by atoms with E-state index in [1.54, 1.807) is 24.3 Å². The number of likely N-dealkylation sites (N-methyl/N-ethyl adjacent to an activating group) is 1. The van der Waals surface area contributed by atoms with Gasteiger partial charge in [-0.3, -0.25) is 4.79 Å². The zero-order valence-corrected chi connectivity index (χ0v) is 14.7. The zero-order chi connectivity index (χ0) is 17.1. The van der Waals surface area contributed by atoms with Crippen molar-refractivity contribution in [2.24, 2.45) is 0 Å². The number of aromatic nitrogens is 2. The number of carbonyl (C=O) groups is 1. The van der Waals surface area contributed by atoms with E-state index in [2.05, 4.69) is 32.1 Å². The van der Waals surface area contributed by atoms with Crippen molar-refractivity contribution in [3.63, 3.8) is 0 Å². The third kappa shape index (κ3) is 3.77. The highest BCUT2D eigenvalue weighted by atomic mass is 35.5. The van der Waals surface area contributed by atoms with Gasteiger partial charge in [-0.15, -0.1) is 0 Å².